The summed E-state index contributed by atoms with van der Waals surface area (Å²) in [6.45, 7) is 11.3. The molecule has 2 unspecified atom stereocenters. The van der Waals surface area contributed by atoms with Crippen LogP contribution in [-0.2, 0) is 10.4 Å². The Hall–Kier alpha value is -4.05. The van der Waals surface area contributed by atoms with Crippen molar-refractivity contribution in [2.24, 2.45) is 5.10 Å². The lowest BCUT2D eigenvalue weighted by Gasteiger charge is -2.41. The van der Waals surface area contributed by atoms with Crippen molar-refractivity contribution in [3.05, 3.63) is 76.5 Å². The molecular formula is C28H33FN6O3. The number of hydrogen-bond donors (Lipinski definition) is 4. The summed E-state index contributed by atoms with van der Waals surface area (Å²) in [5.41, 5.74) is 5.95. The van der Waals surface area contributed by atoms with Crippen LogP contribution in [0.15, 0.2) is 53.5 Å². The molecule has 38 heavy (non-hydrogen) atoms. The van der Waals surface area contributed by atoms with Crippen molar-refractivity contribution in [3.8, 4) is 11.5 Å². The van der Waals surface area contributed by atoms with Gasteiger partial charge in [-0.05, 0) is 82.5 Å². The van der Waals surface area contributed by atoms with E-state index in [0.717, 1.165) is 11.5 Å². The highest BCUT2D eigenvalue weighted by Gasteiger charge is 2.45. The Balaban J connectivity index is 1.66. The normalized spacial score (nSPS) is 20.1. The molecule has 2 aromatic carbocycles. The fraction of sp³-hybridized carbons (Fsp3) is 0.357. The molecule has 10 heteroatoms. The molecule has 0 bridgehead atoms. The molecule has 9 nitrogen and oxygen atoms in total. The van der Waals surface area contributed by atoms with Gasteiger partial charge in [-0.1, -0.05) is 6.07 Å². The summed E-state index contributed by atoms with van der Waals surface area (Å²) in [7, 11) is 0. The van der Waals surface area contributed by atoms with E-state index < -0.39 is 5.60 Å². The van der Waals surface area contributed by atoms with Gasteiger partial charge in [-0.3, -0.25) is 10.2 Å². The number of benzene rings is 2. The molecule has 3 aliphatic rings. The van der Waals surface area contributed by atoms with E-state index in [4.69, 9.17) is 4.74 Å². The third kappa shape index (κ3) is 4.45. The Morgan fingerprint density at radius 1 is 1.13 bits per heavy atom. The van der Waals surface area contributed by atoms with Crippen molar-refractivity contribution in [1.82, 2.24) is 25.9 Å². The highest BCUT2D eigenvalue weighted by molar-refractivity contribution is 5.94. The number of hydrogen-bond acceptors (Lipinski definition) is 8. The molecule has 3 aliphatic heterocycles. The molecule has 0 spiro atoms. The number of nitrogens with one attached hydrogen (secondary N) is 3. The molecule has 2 aromatic rings. The van der Waals surface area contributed by atoms with E-state index in [2.05, 4.69) is 21.2 Å². The minimum absolute atomic E-state index is 0.206. The monoisotopic (exact) mass is 520 g/mol. The molecule has 0 aromatic heterocycles. The van der Waals surface area contributed by atoms with Crippen LogP contribution >= 0.6 is 0 Å². The first kappa shape index (κ1) is 25.6. The van der Waals surface area contributed by atoms with E-state index in [1.165, 1.54) is 12.1 Å². The van der Waals surface area contributed by atoms with E-state index in [0.29, 0.717) is 46.0 Å². The maximum atomic E-state index is 14.0. The van der Waals surface area contributed by atoms with Crippen LogP contribution in [0.2, 0.25) is 0 Å². The quantitative estimate of drug-likeness (QED) is 0.462. The summed E-state index contributed by atoms with van der Waals surface area (Å²) >= 11 is 0. The van der Waals surface area contributed by atoms with Gasteiger partial charge in [0.05, 0.1) is 11.3 Å². The molecule has 2 atom stereocenters. The van der Waals surface area contributed by atoms with Crippen molar-refractivity contribution < 1.29 is 19.0 Å². The number of rotatable bonds is 6. The Labute approximate surface area is 221 Å². The lowest BCUT2D eigenvalue weighted by atomic mass is 9.94. The van der Waals surface area contributed by atoms with Gasteiger partial charge in [0.15, 0.2) is 6.17 Å². The van der Waals surface area contributed by atoms with Crippen molar-refractivity contribution >= 4 is 17.4 Å². The summed E-state index contributed by atoms with van der Waals surface area (Å²) in [4.78, 5) is 16.7. The number of likely N-dealkylation sites (N-methyl/N-ethyl adjacent to an activating group) is 1. The average molecular weight is 521 g/mol. The minimum atomic E-state index is -1.11. The van der Waals surface area contributed by atoms with Gasteiger partial charge < -0.3 is 30.3 Å². The lowest BCUT2D eigenvalue weighted by molar-refractivity contribution is -0.117. The highest BCUT2D eigenvalue weighted by Crippen LogP contribution is 2.41. The maximum Gasteiger partial charge on any atom is 0.268 e. The van der Waals surface area contributed by atoms with Crippen molar-refractivity contribution in [1.29, 1.82) is 0 Å². The van der Waals surface area contributed by atoms with Crippen LogP contribution in [0.4, 0.5) is 4.39 Å². The van der Waals surface area contributed by atoms with E-state index in [1.54, 1.807) is 33.9 Å². The number of aliphatic hydroxyl groups is 1. The number of carbonyl (C=O) groups excluding carboxylic acids is 1. The molecule has 0 saturated heterocycles. The standard InChI is InChI=1S/C28H33FN6O3/c1-7-30-27(36)21-13-35-22(14-34-17(4)32-33-26(34)25(35)31-21)20-12-18(28(5,6)37)8-9-23(20)38-24-15(2)10-19(29)11-16(24)3/h8-14,25-26,31,33,37H,7H2,1-6H3,(H,30,36). The zero-order chi connectivity index (χ0) is 27.4. The molecule has 0 aliphatic carbocycles. The van der Waals surface area contributed by atoms with Gasteiger partial charge in [-0.25, -0.2) is 4.39 Å². The van der Waals surface area contributed by atoms with Gasteiger partial charge >= 0.3 is 0 Å². The topological polar surface area (TPSA) is 101 Å². The number of aryl methyl sites for hydroxylation is 2. The molecule has 0 saturated carbocycles. The molecule has 3 heterocycles. The number of fused-ring (bicyclic) bond motifs is 3. The van der Waals surface area contributed by atoms with Gasteiger partial charge in [0.2, 0.25) is 0 Å². The van der Waals surface area contributed by atoms with Crippen molar-refractivity contribution in [2.75, 3.05) is 6.54 Å². The largest absolute Gasteiger partial charge is 0.456 e. The SMILES string of the molecule is CCNC(=O)C1=CN2C(c3cc(C(C)(C)O)ccc3Oc3c(C)cc(F)cc3C)=CN3C(C)=NNC3C2N1. The molecule has 200 valence electrons. The first-order chi connectivity index (χ1) is 18.0. The number of amidine groups is 1. The predicted molar refractivity (Wildman–Crippen MR) is 143 cm³/mol. The van der Waals surface area contributed by atoms with Gasteiger partial charge in [0.1, 0.15) is 35.0 Å². The number of ether oxygens (including phenoxy) is 1. The van der Waals surface area contributed by atoms with E-state index in [1.807, 2.05) is 48.0 Å². The zero-order valence-corrected chi connectivity index (χ0v) is 22.4. The fourth-order valence-corrected chi connectivity index (χ4v) is 4.97. The van der Waals surface area contributed by atoms with Crippen LogP contribution in [0.1, 0.15) is 49.9 Å². The molecule has 0 radical (unpaired) electrons. The Bertz CT molecular complexity index is 1370. The first-order valence-electron chi connectivity index (χ1n) is 12.6. The van der Waals surface area contributed by atoms with Crippen LogP contribution < -0.4 is 20.8 Å². The zero-order valence-electron chi connectivity index (χ0n) is 22.4. The van der Waals surface area contributed by atoms with Crippen LogP contribution in [0.5, 0.6) is 11.5 Å². The number of hydrazone groups is 1. The average Bonchev–Trinajstić information content (AvgIpc) is 3.44. The van der Waals surface area contributed by atoms with Crippen molar-refractivity contribution in [3.63, 3.8) is 0 Å². The van der Waals surface area contributed by atoms with Crippen LogP contribution in [0.25, 0.3) is 5.70 Å². The van der Waals surface area contributed by atoms with E-state index in [9.17, 15) is 14.3 Å². The minimum Gasteiger partial charge on any atom is -0.456 e. The predicted octanol–water partition coefficient (Wildman–Crippen LogP) is 3.55. The second-order valence-corrected chi connectivity index (χ2v) is 10.3. The van der Waals surface area contributed by atoms with Crippen LogP contribution in [0, 0.1) is 19.7 Å². The summed E-state index contributed by atoms with van der Waals surface area (Å²) in [5.74, 6) is 1.33. The summed E-state index contributed by atoms with van der Waals surface area (Å²) < 4.78 is 20.4. The third-order valence-corrected chi connectivity index (χ3v) is 6.92. The smallest absolute Gasteiger partial charge is 0.268 e. The molecule has 1 amide bonds. The lowest BCUT2D eigenvalue weighted by Crippen LogP contribution is -2.58. The fourth-order valence-electron chi connectivity index (χ4n) is 4.97. The van der Waals surface area contributed by atoms with Gasteiger partial charge in [-0.15, -0.1) is 0 Å². The molecule has 5 rings (SSSR count). The molecule has 4 N–H and O–H groups in total. The summed E-state index contributed by atoms with van der Waals surface area (Å²) in [6, 6.07) is 8.40. The second-order valence-electron chi connectivity index (χ2n) is 10.3. The first-order valence-corrected chi connectivity index (χ1v) is 12.6. The Kier molecular flexibility index (Phi) is 6.30. The van der Waals surface area contributed by atoms with Gasteiger partial charge in [0, 0.05) is 24.5 Å². The number of amides is 1. The maximum absolute atomic E-state index is 14.0. The van der Waals surface area contributed by atoms with E-state index >= 15 is 0 Å². The summed E-state index contributed by atoms with van der Waals surface area (Å²) in [5, 5.41) is 21.4. The van der Waals surface area contributed by atoms with Crippen molar-refractivity contribution in [2.45, 2.75) is 59.5 Å². The number of nitrogens with zero attached hydrogens (tertiary/aromatic N) is 3. The number of halogens is 1. The Morgan fingerprint density at radius 2 is 1.84 bits per heavy atom. The van der Waals surface area contributed by atoms with Crippen LogP contribution in [-0.4, -0.2) is 45.5 Å². The number of carbonyl (C=O) groups is 1. The molecular weight excluding hydrogens is 487 g/mol. The summed E-state index contributed by atoms with van der Waals surface area (Å²) in [6.07, 6.45) is 3.15. The third-order valence-electron chi connectivity index (χ3n) is 6.92. The molecule has 0 fully saturated rings. The van der Waals surface area contributed by atoms with Crippen LogP contribution in [0.3, 0.4) is 0 Å². The Morgan fingerprint density at radius 3 is 2.50 bits per heavy atom. The van der Waals surface area contributed by atoms with E-state index in [-0.39, 0.29) is 24.1 Å². The highest BCUT2D eigenvalue weighted by atomic mass is 19.1. The van der Waals surface area contributed by atoms with Gasteiger partial charge in [0.25, 0.3) is 5.91 Å². The second kappa shape index (κ2) is 9.36. The van der Waals surface area contributed by atoms with Gasteiger partial charge in [-0.2, -0.15) is 5.10 Å².